The molecule has 2 rings (SSSR count). The fourth-order valence-corrected chi connectivity index (χ4v) is 4.61. The monoisotopic (exact) mass is 289 g/mol. The third-order valence-electron chi connectivity index (χ3n) is 4.72. The van der Waals surface area contributed by atoms with Crippen LogP contribution >= 0.6 is 0 Å². The van der Waals surface area contributed by atoms with Crippen molar-refractivity contribution in [2.75, 3.05) is 33.7 Å². The van der Waals surface area contributed by atoms with Gasteiger partial charge in [-0.25, -0.2) is 4.72 Å². The van der Waals surface area contributed by atoms with E-state index in [-0.39, 0.29) is 5.54 Å². The van der Waals surface area contributed by atoms with Crippen LogP contribution in [-0.2, 0) is 10.2 Å². The summed E-state index contributed by atoms with van der Waals surface area (Å²) in [5.41, 5.74) is 0.0167. The molecule has 0 unspecified atom stereocenters. The van der Waals surface area contributed by atoms with Gasteiger partial charge in [0.05, 0.1) is 0 Å². The summed E-state index contributed by atoms with van der Waals surface area (Å²) in [7, 11) is 0.826. The van der Waals surface area contributed by atoms with Crippen LogP contribution in [0.3, 0.4) is 0 Å². The summed E-state index contributed by atoms with van der Waals surface area (Å²) in [5.74, 6) is 0. The molecule has 1 saturated carbocycles. The summed E-state index contributed by atoms with van der Waals surface area (Å²) in [5, 5.41) is 0. The van der Waals surface area contributed by atoms with Crippen LogP contribution in [0.5, 0.6) is 0 Å². The predicted molar refractivity (Wildman–Crippen MR) is 77.2 cm³/mol. The van der Waals surface area contributed by atoms with Crippen molar-refractivity contribution in [3.63, 3.8) is 0 Å². The number of hydrogen-bond donors (Lipinski definition) is 1. The number of rotatable bonds is 5. The summed E-state index contributed by atoms with van der Waals surface area (Å²) < 4.78 is 29.1. The molecule has 0 amide bonds. The lowest BCUT2D eigenvalue weighted by molar-refractivity contribution is 0.160. The SMILES string of the molecule is CN(C)C1(CNS(=O)(=O)N2CCCCC2)CCCC1. The molecule has 0 atom stereocenters. The molecule has 0 spiro atoms. The summed E-state index contributed by atoms with van der Waals surface area (Å²) >= 11 is 0. The minimum atomic E-state index is -3.29. The second kappa shape index (κ2) is 6.08. The molecular formula is C13H27N3O2S. The van der Waals surface area contributed by atoms with Gasteiger partial charge in [-0.05, 0) is 39.8 Å². The maximum Gasteiger partial charge on any atom is 0.279 e. The van der Waals surface area contributed by atoms with E-state index in [2.05, 4.69) is 23.7 Å². The van der Waals surface area contributed by atoms with Gasteiger partial charge in [-0.2, -0.15) is 12.7 Å². The largest absolute Gasteiger partial charge is 0.302 e. The first-order valence-electron chi connectivity index (χ1n) is 7.38. The van der Waals surface area contributed by atoms with Crippen LogP contribution in [-0.4, -0.2) is 56.9 Å². The predicted octanol–water partition coefficient (Wildman–Crippen LogP) is 1.18. The Hall–Kier alpha value is -0.170. The Labute approximate surface area is 117 Å². The van der Waals surface area contributed by atoms with Crippen molar-refractivity contribution in [3.8, 4) is 0 Å². The second-order valence-electron chi connectivity index (χ2n) is 6.11. The van der Waals surface area contributed by atoms with Crippen LogP contribution in [0.4, 0.5) is 0 Å². The highest BCUT2D eigenvalue weighted by atomic mass is 32.2. The molecule has 0 bridgehead atoms. The highest BCUT2D eigenvalue weighted by molar-refractivity contribution is 7.87. The van der Waals surface area contributed by atoms with Crippen LogP contribution in [0.25, 0.3) is 0 Å². The number of nitrogens with zero attached hydrogens (tertiary/aromatic N) is 2. The van der Waals surface area contributed by atoms with E-state index < -0.39 is 10.2 Å². The molecule has 1 saturated heterocycles. The lowest BCUT2D eigenvalue weighted by atomic mass is 9.97. The van der Waals surface area contributed by atoms with Gasteiger partial charge >= 0.3 is 0 Å². The van der Waals surface area contributed by atoms with Gasteiger partial charge in [0.25, 0.3) is 10.2 Å². The summed E-state index contributed by atoms with van der Waals surface area (Å²) in [6.07, 6.45) is 7.69. The van der Waals surface area contributed by atoms with E-state index in [9.17, 15) is 8.42 Å². The van der Waals surface area contributed by atoms with Crippen molar-refractivity contribution < 1.29 is 8.42 Å². The highest BCUT2D eigenvalue weighted by Crippen LogP contribution is 2.33. The quantitative estimate of drug-likeness (QED) is 0.827. The maximum absolute atomic E-state index is 12.3. The fraction of sp³-hybridized carbons (Fsp3) is 1.00. The number of piperidine rings is 1. The molecule has 0 radical (unpaired) electrons. The van der Waals surface area contributed by atoms with Crippen molar-refractivity contribution in [2.45, 2.75) is 50.5 Å². The van der Waals surface area contributed by atoms with E-state index in [4.69, 9.17) is 0 Å². The zero-order valence-electron chi connectivity index (χ0n) is 12.2. The first kappa shape index (κ1) is 15.2. The summed E-state index contributed by atoms with van der Waals surface area (Å²) in [6, 6.07) is 0. The van der Waals surface area contributed by atoms with Crippen LogP contribution in [0.1, 0.15) is 44.9 Å². The molecule has 2 aliphatic rings. The van der Waals surface area contributed by atoms with E-state index in [1.54, 1.807) is 4.31 Å². The maximum atomic E-state index is 12.3. The molecule has 1 heterocycles. The number of hydrogen-bond acceptors (Lipinski definition) is 3. The number of likely N-dealkylation sites (N-methyl/N-ethyl adjacent to an activating group) is 1. The van der Waals surface area contributed by atoms with E-state index in [0.717, 1.165) is 32.1 Å². The molecule has 0 aromatic carbocycles. The summed E-state index contributed by atoms with van der Waals surface area (Å²) in [6.45, 7) is 1.88. The van der Waals surface area contributed by atoms with Crippen molar-refractivity contribution >= 4 is 10.2 Å². The van der Waals surface area contributed by atoms with Crippen molar-refractivity contribution in [3.05, 3.63) is 0 Å². The normalized spacial score (nSPS) is 25.0. The lowest BCUT2D eigenvalue weighted by Gasteiger charge is -2.37. The minimum Gasteiger partial charge on any atom is -0.302 e. The first-order chi connectivity index (χ1) is 8.96. The van der Waals surface area contributed by atoms with E-state index in [1.807, 2.05) is 0 Å². The second-order valence-corrected chi connectivity index (χ2v) is 7.87. The lowest BCUT2D eigenvalue weighted by Crippen LogP contribution is -2.53. The molecular weight excluding hydrogens is 262 g/mol. The average molecular weight is 289 g/mol. The molecule has 19 heavy (non-hydrogen) atoms. The van der Waals surface area contributed by atoms with Gasteiger partial charge in [-0.1, -0.05) is 19.3 Å². The van der Waals surface area contributed by atoms with Crippen LogP contribution < -0.4 is 4.72 Å². The Bertz CT molecular complexity index is 383. The van der Waals surface area contributed by atoms with Gasteiger partial charge in [0.15, 0.2) is 0 Å². The zero-order chi connectivity index (χ0) is 13.9. The molecule has 0 aromatic heterocycles. The molecule has 1 N–H and O–H groups in total. The summed E-state index contributed by atoms with van der Waals surface area (Å²) in [4.78, 5) is 2.19. The van der Waals surface area contributed by atoms with Crippen LogP contribution in [0, 0.1) is 0 Å². The van der Waals surface area contributed by atoms with Gasteiger partial charge in [0, 0.05) is 25.2 Å². The number of nitrogens with one attached hydrogen (secondary N) is 1. The molecule has 0 aromatic rings. The smallest absolute Gasteiger partial charge is 0.279 e. The molecule has 1 aliphatic heterocycles. The molecule has 1 aliphatic carbocycles. The topological polar surface area (TPSA) is 52.7 Å². The zero-order valence-corrected chi connectivity index (χ0v) is 13.0. The molecule has 2 fully saturated rings. The van der Waals surface area contributed by atoms with E-state index in [0.29, 0.717) is 19.6 Å². The van der Waals surface area contributed by atoms with Gasteiger partial charge in [0.2, 0.25) is 0 Å². The average Bonchev–Trinajstić information content (AvgIpc) is 2.88. The Morgan fingerprint density at radius 2 is 1.63 bits per heavy atom. The third-order valence-corrected chi connectivity index (χ3v) is 6.28. The van der Waals surface area contributed by atoms with Gasteiger partial charge in [-0.15, -0.1) is 0 Å². The minimum absolute atomic E-state index is 0.0167. The van der Waals surface area contributed by atoms with Crippen LogP contribution in [0.2, 0.25) is 0 Å². The standard InChI is InChI=1S/C13H27N3O2S/c1-15(2)13(8-4-5-9-13)12-14-19(17,18)16-10-6-3-7-11-16/h14H,3-12H2,1-2H3. The van der Waals surface area contributed by atoms with Crippen molar-refractivity contribution in [2.24, 2.45) is 0 Å². The van der Waals surface area contributed by atoms with Crippen molar-refractivity contribution in [1.82, 2.24) is 13.9 Å². The fourth-order valence-electron chi connectivity index (χ4n) is 3.24. The van der Waals surface area contributed by atoms with Gasteiger partial charge in [-0.3, -0.25) is 0 Å². The van der Waals surface area contributed by atoms with Crippen LogP contribution in [0.15, 0.2) is 0 Å². The third kappa shape index (κ3) is 3.48. The Morgan fingerprint density at radius 3 is 2.16 bits per heavy atom. The molecule has 5 nitrogen and oxygen atoms in total. The molecule has 112 valence electrons. The Morgan fingerprint density at radius 1 is 1.05 bits per heavy atom. The van der Waals surface area contributed by atoms with Gasteiger partial charge < -0.3 is 4.90 Å². The highest BCUT2D eigenvalue weighted by Gasteiger charge is 2.37. The first-order valence-corrected chi connectivity index (χ1v) is 8.82. The molecule has 6 heteroatoms. The van der Waals surface area contributed by atoms with E-state index >= 15 is 0 Å². The Kier molecular flexibility index (Phi) is 4.87. The van der Waals surface area contributed by atoms with Gasteiger partial charge in [0.1, 0.15) is 0 Å². The Balaban J connectivity index is 1.96. The van der Waals surface area contributed by atoms with Crippen molar-refractivity contribution in [1.29, 1.82) is 0 Å². The van der Waals surface area contributed by atoms with E-state index in [1.165, 1.54) is 12.8 Å².